The maximum Gasteiger partial charge on any atom is 0.481 e. The Hall–Kier alpha value is -3.22. The molecule has 8 atom stereocenters. The Morgan fingerprint density at radius 1 is 0.984 bits per heavy atom. The largest absolute Gasteiger partial charge is 0.481 e. The van der Waals surface area contributed by atoms with Crippen molar-refractivity contribution >= 4 is 69.1 Å². The van der Waals surface area contributed by atoms with Crippen LogP contribution in [0.3, 0.4) is 0 Å². The third-order valence-corrected chi connectivity index (χ3v) is 13.4. The highest BCUT2D eigenvalue weighted by molar-refractivity contribution is 8.13. The molecular weight excluding hydrogens is 903 g/mol. The summed E-state index contributed by atoms with van der Waals surface area (Å²) >= 11 is 1.09. The molecule has 1 aromatic carbocycles. The molecule has 0 radical (unpaired) electrons. The molecule has 28 heteroatoms. The fourth-order valence-electron chi connectivity index (χ4n) is 5.96. The number of fused-ring (bicyclic) bond motifs is 1. The average molecular weight is 956 g/mol. The van der Waals surface area contributed by atoms with Crippen LogP contribution in [0, 0.1) is 11.3 Å². The number of phosphoric ester groups is 3. The summed E-state index contributed by atoms with van der Waals surface area (Å²) in [7, 11) is -16.4. The van der Waals surface area contributed by atoms with Gasteiger partial charge in [-0.15, -0.1) is 0 Å². The Labute approximate surface area is 360 Å². The highest BCUT2D eigenvalue weighted by Gasteiger charge is 2.50. The second-order valence-corrected chi connectivity index (χ2v) is 20.6. The average Bonchev–Trinajstić information content (AvgIpc) is 3.74. The lowest BCUT2D eigenvalue weighted by atomic mass is 9.87. The zero-order valence-electron chi connectivity index (χ0n) is 34.2. The van der Waals surface area contributed by atoms with E-state index in [0.717, 1.165) is 41.0 Å². The monoisotopic (exact) mass is 955 g/mol. The van der Waals surface area contributed by atoms with E-state index in [-0.39, 0.29) is 47.5 Å². The maximum absolute atomic E-state index is 12.7. The summed E-state index contributed by atoms with van der Waals surface area (Å²) in [6, 6.07) is 7.93. The zero-order valence-corrected chi connectivity index (χ0v) is 37.7. The van der Waals surface area contributed by atoms with Crippen molar-refractivity contribution < 1.29 is 80.5 Å². The van der Waals surface area contributed by atoms with Gasteiger partial charge in [-0.05, 0) is 23.5 Å². The Morgan fingerprint density at radius 2 is 1.65 bits per heavy atom. The normalized spacial score (nSPS) is 21.3. The molecule has 3 aromatic rings. The first-order chi connectivity index (χ1) is 28.8. The molecule has 0 aliphatic carbocycles. The van der Waals surface area contributed by atoms with Crippen LogP contribution in [0.5, 0.6) is 0 Å². The van der Waals surface area contributed by atoms with Gasteiger partial charge in [0, 0.05) is 30.7 Å². The van der Waals surface area contributed by atoms with E-state index in [1.54, 1.807) is 0 Å². The number of phosphoric acid groups is 3. The highest BCUT2D eigenvalue weighted by Crippen LogP contribution is 2.61. The predicted octanol–water partition coefficient (Wildman–Crippen LogP) is 1.67. The number of benzene rings is 1. The van der Waals surface area contributed by atoms with Crippen molar-refractivity contribution in [3.8, 4) is 0 Å². The van der Waals surface area contributed by atoms with Crippen LogP contribution in [0.1, 0.15) is 64.3 Å². The summed E-state index contributed by atoms with van der Waals surface area (Å²) in [5.74, 6) is -0.954. The first-order valence-corrected chi connectivity index (χ1v) is 24.4. The summed E-state index contributed by atoms with van der Waals surface area (Å²) in [5.41, 5.74) is 6.36. The van der Waals surface area contributed by atoms with E-state index in [4.69, 9.17) is 19.5 Å². The van der Waals surface area contributed by atoms with Crippen LogP contribution >= 0.6 is 35.2 Å². The van der Waals surface area contributed by atoms with Crippen LogP contribution < -0.4 is 16.4 Å². The van der Waals surface area contributed by atoms with E-state index in [0.29, 0.717) is 11.7 Å². The highest BCUT2D eigenvalue weighted by atomic mass is 32.2. The number of hydrogen-bond acceptors (Lipinski definition) is 18. The molecule has 10 N–H and O–H groups in total. The maximum atomic E-state index is 12.7. The van der Waals surface area contributed by atoms with Crippen molar-refractivity contribution in [2.75, 3.05) is 37.8 Å². The number of aliphatic hydroxyl groups is 2. The number of carbonyl (C=O) groups excluding carboxylic acids is 3. The molecule has 0 spiro atoms. The van der Waals surface area contributed by atoms with Gasteiger partial charge in [0.15, 0.2) is 22.8 Å². The van der Waals surface area contributed by atoms with Crippen LogP contribution in [0.25, 0.3) is 11.2 Å². The molecule has 1 fully saturated rings. The third-order valence-electron chi connectivity index (χ3n) is 9.22. The molecule has 2 aromatic heterocycles. The lowest BCUT2D eigenvalue weighted by molar-refractivity contribution is -0.137. The number of ether oxygens (including phenoxy) is 1. The first kappa shape index (κ1) is 51.4. The topological polar surface area (TPSA) is 364 Å². The van der Waals surface area contributed by atoms with Gasteiger partial charge in [-0.1, -0.05) is 70.6 Å². The molecule has 0 bridgehead atoms. The molecule has 0 saturated carbocycles. The minimum Gasteiger partial charge on any atom is -0.386 e. The molecule has 1 saturated heterocycles. The molecule has 24 nitrogen and oxygen atoms in total. The SMILES string of the molecule is CC(C)Cc1ccc(C(C)C(=O)SCCNC(=O)CCNC(=O)C(O)C(C)(C)COP(=O)(O)OP(=O)(O)OCC2OC(n3cnc4c(N)ncnc43)C(O)C2OP(=O)(O)O)cc1. The van der Waals surface area contributed by atoms with E-state index in [1.807, 2.05) is 31.2 Å². The fraction of sp³-hybridized carbons (Fsp3) is 0.588. The number of nitrogens with one attached hydrogen (secondary N) is 2. The van der Waals surface area contributed by atoms with Crippen LogP contribution in [-0.4, -0.2) is 123 Å². The summed E-state index contributed by atoms with van der Waals surface area (Å²) in [5, 5.41) is 26.5. The van der Waals surface area contributed by atoms with Gasteiger partial charge in [-0.2, -0.15) is 4.31 Å². The quantitative estimate of drug-likeness (QED) is 0.0482. The second kappa shape index (κ2) is 21.6. The number of nitrogens with two attached hydrogens (primary N) is 1. The summed E-state index contributed by atoms with van der Waals surface area (Å²) in [6.45, 7) is 6.55. The van der Waals surface area contributed by atoms with Crippen molar-refractivity contribution in [3.63, 3.8) is 0 Å². The summed E-state index contributed by atoms with van der Waals surface area (Å²) < 4.78 is 62.3. The van der Waals surface area contributed by atoms with E-state index in [1.165, 1.54) is 19.4 Å². The van der Waals surface area contributed by atoms with Crippen molar-refractivity contribution in [1.82, 2.24) is 30.2 Å². The minimum absolute atomic E-state index is 0.0297. The van der Waals surface area contributed by atoms with Gasteiger partial charge in [0.1, 0.15) is 36.3 Å². The number of carbonyl (C=O) groups is 3. The number of imidazole rings is 1. The number of nitrogen functional groups attached to an aromatic ring is 1. The Bertz CT molecular complexity index is 2180. The van der Waals surface area contributed by atoms with Crippen LogP contribution in [0.15, 0.2) is 36.9 Å². The van der Waals surface area contributed by atoms with Gasteiger partial charge in [0.2, 0.25) is 11.8 Å². The zero-order chi connectivity index (χ0) is 46.2. The second-order valence-electron chi connectivity index (χ2n) is 15.3. The van der Waals surface area contributed by atoms with Crippen LogP contribution in [0.4, 0.5) is 5.82 Å². The van der Waals surface area contributed by atoms with Crippen molar-refractivity contribution in [2.45, 2.75) is 84.0 Å². The molecule has 8 unspecified atom stereocenters. The van der Waals surface area contributed by atoms with Gasteiger partial charge in [-0.3, -0.25) is 32.5 Å². The van der Waals surface area contributed by atoms with Crippen molar-refractivity contribution in [2.24, 2.45) is 11.3 Å². The predicted molar refractivity (Wildman–Crippen MR) is 220 cm³/mol. The van der Waals surface area contributed by atoms with E-state index >= 15 is 0 Å². The van der Waals surface area contributed by atoms with Crippen LogP contribution in [0.2, 0.25) is 0 Å². The standard InChI is InChI=1S/C34H52N7O17P3S/c1-19(2)14-21-6-8-22(9-7-21)20(3)33(46)62-13-12-36-24(42)10-11-37-31(45)28(44)34(4,5)16-55-61(52,53)58-60(50,51)54-15-23-27(57-59(47,48)49)26(43)32(56-23)41-18-40-25-29(35)38-17-39-30(25)41/h6-9,17-20,23,26-28,32,43-44H,10-16H2,1-5H3,(H,36,42)(H,37,45)(H,50,51)(H,52,53)(H2,35,38,39)(H2,47,48,49). The van der Waals surface area contributed by atoms with E-state index < -0.39 is 84.6 Å². The Balaban J connectivity index is 1.19. The van der Waals surface area contributed by atoms with Gasteiger partial charge in [0.05, 0.1) is 25.5 Å². The first-order valence-electron chi connectivity index (χ1n) is 18.9. The van der Waals surface area contributed by atoms with Gasteiger partial charge >= 0.3 is 23.5 Å². The summed E-state index contributed by atoms with van der Waals surface area (Å²) in [4.78, 5) is 88.8. The third kappa shape index (κ3) is 14.9. The lowest BCUT2D eigenvalue weighted by Gasteiger charge is -2.30. The molecule has 346 valence electrons. The number of aliphatic hydroxyl groups excluding tert-OH is 2. The van der Waals surface area contributed by atoms with Crippen molar-refractivity contribution in [3.05, 3.63) is 48.0 Å². The smallest absolute Gasteiger partial charge is 0.386 e. The number of hydrogen-bond donors (Lipinski definition) is 9. The molecule has 2 amide bonds. The molecule has 4 rings (SSSR count). The minimum atomic E-state index is -5.58. The molecule has 3 heterocycles. The number of thioether (sulfide) groups is 1. The van der Waals surface area contributed by atoms with Gasteiger partial charge in [0.25, 0.3) is 0 Å². The molecule has 62 heavy (non-hydrogen) atoms. The lowest BCUT2D eigenvalue weighted by Crippen LogP contribution is -2.46. The number of nitrogens with zero attached hydrogens (tertiary/aromatic N) is 4. The Kier molecular flexibility index (Phi) is 17.9. The van der Waals surface area contributed by atoms with Gasteiger partial charge in [-0.25, -0.2) is 28.6 Å². The van der Waals surface area contributed by atoms with E-state index in [2.05, 4.69) is 48.3 Å². The fourth-order valence-corrected chi connectivity index (χ4v) is 9.58. The summed E-state index contributed by atoms with van der Waals surface area (Å²) in [6.07, 6.45) is -6.00. The van der Waals surface area contributed by atoms with E-state index in [9.17, 15) is 57.9 Å². The van der Waals surface area contributed by atoms with Crippen LogP contribution in [-0.2, 0) is 57.1 Å². The number of aromatic nitrogens is 4. The number of amides is 2. The number of anilines is 1. The number of rotatable bonds is 23. The molecule has 1 aliphatic rings. The van der Waals surface area contributed by atoms with Gasteiger partial charge < -0.3 is 50.9 Å². The molecular formula is C34H52N7O17P3S. The molecule has 1 aliphatic heterocycles. The Morgan fingerprint density at radius 3 is 2.29 bits per heavy atom. The van der Waals surface area contributed by atoms with Crippen molar-refractivity contribution in [1.29, 1.82) is 0 Å².